The Morgan fingerprint density at radius 3 is 2.42 bits per heavy atom. The number of nitrogens with one attached hydrogen (secondary N) is 1. The summed E-state index contributed by atoms with van der Waals surface area (Å²) in [5.41, 5.74) is 2.70. The Balaban J connectivity index is 2.02. The van der Waals surface area contributed by atoms with Crippen LogP contribution in [-0.4, -0.2) is 33.9 Å². The van der Waals surface area contributed by atoms with Gasteiger partial charge in [-0.2, -0.15) is 0 Å². The van der Waals surface area contributed by atoms with Crippen LogP contribution in [0.3, 0.4) is 0 Å². The maximum Gasteiger partial charge on any atom is 0.252 e. The van der Waals surface area contributed by atoms with Crippen molar-refractivity contribution < 1.29 is 4.79 Å². The molecule has 19 heavy (non-hydrogen) atoms. The van der Waals surface area contributed by atoms with E-state index in [1.54, 1.807) is 6.08 Å². The van der Waals surface area contributed by atoms with Gasteiger partial charge >= 0.3 is 0 Å². The van der Waals surface area contributed by atoms with Gasteiger partial charge in [-0.3, -0.25) is 10.1 Å². The van der Waals surface area contributed by atoms with Crippen LogP contribution in [0.15, 0.2) is 17.8 Å². The molecule has 1 aliphatic rings. The van der Waals surface area contributed by atoms with Crippen LogP contribution in [-0.2, 0) is 4.79 Å². The second-order valence-corrected chi connectivity index (χ2v) is 4.94. The normalized spacial score (nSPS) is 15.7. The number of nitrogens with zero attached hydrogens (tertiary/aromatic N) is 3. The lowest BCUT2D eigenvalue weighted by molar-refractivity contribution is -0.112. The lowest BCUT2D eigenvalue weighted by atomic mass is 10.3. The largest absolute Gasteiger partial charge is 0.375 e. The molecule has 2 rings (SSSR count). The van der Waals surface area contributed by atoms with Gasteiger partial charge in [0.05, 0.1) is 0 Å². The van der Waals surface area contributed by atoms with Gasteiger partial charge in [-0.25, -0.2) is 9.97 Å². The third-order valence-corrected chi connectivity index (χ3v) is 3.16. The highest BCUT2D eigenvalue weighted by Gasteiger charge is 2.12. The van der Waals surface area contributed by atoms with Gasteiger partial charge in [-0.1, -0.05) is 0 Å². The lowest BCUT2D eigenvalue weighted by Crippen LogP contribution is -2.20. The number of anilines is 1. The Bertz CT molecular complexity index is 484. The number of amides is 1. The van der Waals surface area contributed by atoms with Crippen molar-refractivity contribution in [1.29, 1.82) is 0 Å². The van der Waals surface area contributed by atoms with Crippen LogP contribution in [0.4, 0.5) is 5.95 Å². The highest BCUT2D eigenvalue weighted by atomic mass is 16.1. The first-order valence-electron chi connectivity index (χ1n) is 6.61. The number of allylic oxidation sites excluding steroid dienone is 1. The van der Waals surface area contributed by atoms with Crippen LogP contribution >= 0.6 is 0 Å². The van der Waals surface area contributed by atoms with Gasteiger partial charge in [0.1, 0.15) is 0 Å². The summed E-state index contributed by atoms with van der Waals surface area (Å²) in [6.07, 6.45) is 4.02. The summed E-state index contributed by atoms with van der Waals surface area (Å²) in [6.45, 7) is 7.81. The van der Waals surface area contributed by atoms with E-state index in [9.17, 15) is 4.79 Å². The van der Waals surface area contributed by atoms with Gasteiger partial charge in [0.2, 0.25) is 5.95 Å². The van der Waals surface area contributed by atoms with Crippen LogP contribution < -0.4 is 5.32 Å². The van der Waals surface area contributed by atoms with Crippen LogP contribution in [0.25, 0.3) is 0 Å². The molecule has 1 fully saturated rings. The quantitative estimate of drug-likeness (QED) is 0.845. The smallest absolute Gasteiger partial charge is 0.252 e. The first-order chi connectivity index (χ1) is 9.04. The number of hydrogen-bond acceptors (Lipinski definition) is 4. The molecule has 1 N–H and O–H groups in total. The van der Waals surface area contributed by atoms with E-state index >= 15 is 0 Å². The van der Waals surface area contributed by atoms with E-state index in [1.165, 1.54) is 12.8 Å². The molecule has 1 aromatic rings. The molecular formula is C14H20N4O. The van der Waals surface area contributed by atoms with Crippen LogP contribution in [0.2, 0.25) is 0 Å². The van der Waals surface area contributed by atoms with E-state index in [-0.39, 0.29) is 5.91 Å². The molecule has 1 aromatic heterocycles. The predicted molar refractivity (Wildman–Crippen MR) is 74.7 cm³/mol. The molecule has 1 saturated heterocycles. The predicted octanol–water partition coefficient (Wildman–Crippen LogP) is 2.03. The molecule has 0 aromatic carbocycles. The zero-order chi connectivity index (χ0) is 13.8. The van der Waals surface area contributed by atoms with Gasteiger partial charge in [-0.05, 0) is 39.7 Å². The fourth-order valence-electron chi connectivity index (χ4n) is 2.28. The Kier molecular flexibility index (Phi) is 4.14. The average Bonchev–Trinajstić information content (AvgIpc) is 2.80. The van der Waals surface area contributed by atoms with Crippen LogP contribution in [0.1, 0.15) is 31.2 Å². The maximum absolute atomic E-state index is 11.9. The van der Waals surface area contributed by atoms with Gasteiger partial charge in [-0.15, -0.1) is 0 Å². The summed E-state index contributed by atoms with van der Waals surface area (Å²) >= 11 is 0. The van der Waals surface area contributed by atoms with Crippen LogP contribution in [0.5, 0.6) is 0 Å². The highest BCUT2D eigenvalue weighted by molar-refractivity contribution is 5.98. The molecule has 5 nitrogen and oxygen atoms in total. The minimum absolute atomic E-state index is 0.172. The molecule has 0 unspecified atom stereocenters. The van der Waals surface area contributed by atoms with E-state index in [0.717, 1.165) is 30.2 Å². The number of rotatable bonds is 3. The molecule has 0 aliphatic carbocycles. The van der Waals surface area contributed by atoms with Crippen LogP contribution in [0, 0.1) is 13.8 Å². The minimum atomic E-state index is -0.172. The molecule has 2 heterocycles. The molecule has 0 spiro atoms. The van der Waals surface area contributed by atoms with Crippen molar-refractivity contribution >= 4 is 11.9 Å². The SMILES string of the molecule is C/C(=C\C(=O)Nc1nc(C)cc(C)n1)N1CCCC1. The molecule has 0 bridgehead atoms. The second-order valence-electron chi connectivity index (χ2n) is 4.94. The third-order valence-electron chi connectivity index (χ3n) is 3.16. The van der Waals surface area contributed by atoms with E-state index in [2.05, 4.69) is 20.2 Å². The van der Waals surface area contributed by atoms with E-state index in [1.807, 2.05) is 26.8 Å². The van der Waals surface area contributed by atoms with Gasteiger partial charge < -0.3 is 4.90 Å². The van der Waals surface area contributed by atoms with E-state index < -0.39 is 0 Å². The Morgan fingerprint density at radius 1 is 1.26 bits per heavy atom. The molecule has 0 saturated carbocycles. The van der Waals surface area contributed by atoms with Crippen molar-refractivity contribution in [3.63, 3.8) is 0 Å². The summed E-state index contributed by atoms with van der Waals surface area (Å²) in [5.74, 6) is 0.197. The topological polar surface area (TPSA) is 58.1 Å². The van der Waals surface area contributed by atoms with Crippen molar-refractivity contribution in [2.24, 2.45) is 0 Å². The molecule has 5 heteroatoms. The Hall–Kier alpha value is -1.91. The molecular weight excluding hydrogens is 240 g/mol. The highest BCUT2D eigenvalue weighted by Crippen LogP contribution is 2.14. The minimum Gasteiger partial charge on any atom is -0.375 e. The summed E-state index contributed by atoms with van der Waals surface area (Å²) in [4.78, 5) is 22.5. The standard InChI is InChI=1S/C14H20N4O/c1-10-8-11(2)16-14(15-10)17-13(19)9-12(3)18-6-4-5-7-18/h8-9H,4-7H2,1-3H3,(H,15,16,17,19)/b12-9+. The summed E-state index contributed by atoms with van der Waals surface area (Å²) in [5, 5.41) is 2.71. The fraction of sp³-hybridized carbons (Fsp3) is 0.500. The maximum atomic E-state index is 11.9. The fourth-order valence-corrected chi connectivity index (χ4v) is 2.28. The zero-order valence-corrected chi connectivity index (χ0v) is 11.7. The third kappa shape index (κ3) is 3.77. The summed E-state index contributed by atoms with van der Waals surface area (Å²) < 4.78 is 0. The first kappa shape index (κ1) is 13.5. The van der Waals surface area contributed by atoms with Crippen molar-refractivity contribution in [2.45, 2.75) is 33.6 Å². The van der Waals surface area contributed by atoms with Gasteiger partial charge in [0, 0.05) is 36.3 Å². The monoisotopic (exact) mass is 260 g/mol. The Morgan fingerprint density at radius 2 is 1.84 bits per heavy atom. The molecule has 1 aliphatic heterocycles. The number of likely N-dealkylation sites (tertiary alicyclic amines) is 1. The molecule has 1 amide bonds. The molecule has 0 radical (unpaired) electrons. The van der Waals surface area contributed by atoms with Crippen molar-refractivity contribution in [1.82, 2.24) is 14.9 Å². The number of aromatic nitrogens is 2. The second kappa shape index (κ2) is 5.82. The van der Waals surface area contributed by atoms with E-state index in [0.29, 0.717) is 5.95 Å². The van der Waals surface area contributed by atoms with Crippen molar-refractivity contribution in [3.8, 4) is 0 Å². The van der Waals surface area contributed by atoms with Crippen molar-refractivity contribution in [3.05, 3.63) is 29.2 Å². The number of aryl methyl sites for hydroxylation is 2. The van der Waals surface area contributed by atoms with E-state index in [4.69, 9.17) is 0 Å². The Labute approximate surface area is 113 Å². The van der Waals surface area contributed by atoms with Gasteiger partial charge in [0.15, 0.2) is 0 Å². The number of hydrogen-bond donors (Lipinski definition) is 1. The summed E-state index contributed by atoms with van der Waals surface area (Å²) in [7, 11) is 0. The lowest BCUT2D eigenvalue weighted by Gasteiger charge is -2.17. The first-order valence-corrected chi connectivity index (χ1v) is 6.61. The number of carbonyl (C=O) groups excluding carboxylic acids is 1. The van der Waals surface area contributed by atoms with Crippen molar-refractivity contribution in [2.75, 3.05) is 18.4 Å². The molecule has 0 atom stereocenters. The van der Waals surface area contributed by atoms with Gasteiger partial charge in [0.25, 0.3) is 5.91 Å². The average molecular weight is 260 g/mol. The summed E-state index contributed by atoms with van der Waals surface area (Å²) in [6, 6.07) is 1.88. The zero-order valence-electron chi connectivity index (χ0n) is 11.7. The molecule has 102 valence electrons. The number of carbonyl (C=O) groups is 1.